The number of benzene rings is 1. The normalized spacial score (nSPS) is 14.6. The van der Waals surface area contributed by atoms with Crippen molar-refractivity contribution < 1.29 is 49.8 Å². The molecular weight excluding hydrogens is 304 g/mol. The summed E-state index contributed by atoms with van der Waals surface area (Å²) in [5, 5.41) is 54.4. The molecule has 3 unspecified atom stereocenters. The Kier molecular flexibility index (Phi) is 5.27. The third kappa shape index (κ3) is 3.84. The number of phenolic OH excluding ortho intramolecular Hbond substituents is 2. The van der Waals surface area contributed by atoms with Gasteiger partial charge >= 0.3 is 17.9 Å². The van der Waals surface area contributed by atoms with E-state index in [0.29, 0.717) is 0 Å². The van der Waals surface area contributed by atoms with Crippen molar-refractivity contribution in [3.63, 3.8) is 0 Å². The first kappa shape index (κ1) is 17.2. The Morgan fingerprint density at radius 1 is 1.00 bits per heavy atom. The molecule has 0 saturated carbocycles. The summed E-state index contributed by atoms with van der Waals surface area (Å²) in [6, 6.07) is 2.72. The van der Waals surface area contributed by atoms with Crippen molar-refractivity contribution in [2.75, 3.05) is 0 Å². The molecule has 0 aliphatic rings. The van der Waals surface area contributed by atoms with Gasteiger partial charge in [-0.15, -0.1) is 0 Å². The number of rotatable bonds is 6. The Bertz CT molecular complexity index is 596. The third-order valence-electron chi connectivity index (χ3n) is 2.57. The summed E-state index contributed by atoms with van der Waals surface area (Å²) in [6.07, 6.45) is -7.31. The summed E-state index contributed by atoms with van der Waals surface area (Å²) >= 11 is 0. The Balaban J connectivity index is 2.98. The van der Waals surface area contributed by atoms with Crippen LogP contribution in [0.5, 0.6) is 11.5 Å². The fourth-order valence-electron chi connectivity index (χ4n) is 1.45. The van der Waals surface area contributed by atoms with E-state index in [1.165, 1.54) is 0 Å². The van der Waals surface area contributed by atoms with Gasteiger partial charge in [0.05, 0.1) is 0 Å². The highest BCUT2D eigenvalue weighted by molar-refractivity contribution is 5.94. The molecule has 6 N–H and O–H groups in total. The van der Waals surface area contributed by atoms with Crippen LogP contribution in [-0.2, 0) is 14.3 Å². The van der Waals surface area contributed by atoms with E-state index < -0.39 is 47.5 Å². The minimum absolute atomic E-state index is 0.370. The highest BCUT2D eigenvalue weighted by Crippen LogP contribution is 2.24. The maximum atomic E-state index is 11.7. The first-order valence-electron chi connectivity index (χ1n) is 5.70. The Morgan fingerprint density at radius 2 is 1.59 bits per heavy atom. The number of carboxylic acids is 2. The van der Waals surface area contributed by atoms with Gasteiger partial charge in [-0.3, -0.25) is 0 Å². The number of phenols is 2. The highest BCUT2D eigenvalue weighted by Gasteiger charge is 2.39. The van der Waals surface area contributed by atoms with Crippen LogP contribution in [-0.4, -0.2) is 66.9 Å². The zero-order valence-corrected chi connectivity index (χ0v) is 10.8. The summed E-state index contributed by atoms with van der Waals surface area (Å²) in [7, 11) is 0. The molecule has 0 saturated heterocycles. The van der Waals surface area contributed by atoms with Crippen molar-refractivity contribution in [1.82, 2.24) is 0 Å². The van der Waals surface area contributed by atoms with Crippen molar-refractivity contribution in [2.45, 2.75) is 18.3 Å². The van der Waals surface area contributed by atoms with Crippen LogP contribution in [0.15, 0.2) is 18.2 Å². The van der Waals surface area contributed by atoms with Gasteiger partial charge in [0.25, 0.3) is 0 Å². The number of esters is 1. The predicted octanol–water partition coefficient (Wildman–Crippen LogP) is -1.49. The van der Waals surface area contributed by atoms with Crippen LogP contribution >= 0.6 is 0 Å². The SMILES string of the molecule is O=C(OC(C(=O)O)C(O)C(O)C(=O)O)c1ccc(O)cc1O. The van der Waals surface area contributed by atoms with Gasteiger partial charge in [0.2, 0.25) is 6.10 Å². The maximum absolute atomic E-state index is 11.7. The molecule has 0 aliphatic heterocycles. The Hall–Kier alpha value is -2.85. The zero-order valence-electron chi connectivity index (χ0n) is 10.8. The van der Waals surface area contributed by atoms with E-state index in [0.717, 1.165) is 18.2 Å². The molecule has 0 spiro atoms. The number of aliphatic carboxylic acids is 2. The molecule has 1 aromatic carbocycles. The number of aliphatic hydroxyl groups excluding tert-OH is 2. The van der Waals surface area contributed by atoms with E-state index in [-0.39, 0.29) is 5.75 Å². The van der Waals surface area contributed by atoms with Crippen LogP contribution in [0, 0.1) is 0 Å². The lowest BCUT2D eigenvalue weighted by atomic mass is 10.1. The zero-order chi connectivity index (χ0) is 17.0. The van der Waals surface area contributed by atoms with Crippen molar-refractivity contribution in [2.24, 2.45) is 0 Å². The average molecular weight is 316 g/mol. The van der Waals surface area contributed by atoms with Crippen LogP contribution in [0.2, 0.25) is 0 Å². The third-order valence-corrected chi connectivity index (χ3v) is 2.57. The summed E-state index contributed by atoms with van der Waals surface area (Å²) in [4.78, 5) is 33.2. The first-order valence-corrected chi connectivity index (χ1v) is 5.70. The fourth-order valence-corrected chi connectivity index (χ4v) is 1.45. The minimum Gasteiger partial charge on any atom is -0.508 e. The number of aliphatic hydroxyl groups is 2. The summed E-state index contributed by atoms with van der Waals surface area (Å²) in [5.74, 6) is -6.31. The van der Waals surface area contributed by atoms with Gasteiger partial charge in [-0.25, -0.2) is 14.4 Å². The van der Waals surface area contributed by atoms with Crippen molar-refractivity contribution in [1.29, 1.82) is 0 Å². The van der Waals surface area contributed by atoms with Gasteiger partial charge in [-0.1, -0.05) is 0 Å². The van der Waals surface area contributed by atoms with Crippen molar-refractivity contribution in [3.05, 3.63) is 23.8 Å². The van der Waals surface area contributed by atoms with Crippen LogP contribution in [0.3, 0.4) is 0 Å². The molecule has 0 aromatic heterocycles. The van der Waals surface area contributed by atoms with Gasteiger partial charge in [0.1, 0.15) is 23.2 Å². The molecule has 0 bridgehead atoms. The topological polar surface area (TPSA) is 182 Å². The number of aromatic hydroxyl groups is 2. The van der Waals surface area contributed by atoms with E-state index in [1.54, 1.807) is 0 Å². The fraction of sp³-hybridized carbons (Fsp3) is 0.250. The average Bonchev–Trinajstić information content (AvgIpc) is 2.42. The van der Waals surface area contributed by atoms with E-state index >= 15 is 0 Å². The largest absolute Gasteiger partial charge is 0.508 e. The van der Waals surface area contributed by atoms with Crippen LogP contribution in [0.4, 0.5) is 0 Å². The molecule has 0 fully saturated rings. The monoisotopic (exact) mass is 316 g/mol. The lowest BCUT2D eigenvalue weighted by molar-refractivity contribution is -0.168. The molecule has 3 atom stereocenters. The number of ether oxygens (including phenoxy) is 1. The molecule has 0 heterocycles. The number of carboxylic acid groups (broad SMARTS) is 2. The molecule has 1 aromatic rings. The smallest absolute Gasteiger partial charge is 0.347 e. The number of hydrogen-bond acceptors (Lipinski definition) is 8. The Labute approximate surface area is 122 Å². The van der Waals surface area contributed by atoms with Gasteiger partial charge in [-0.05, 0) is 12.1 Å². The van der Waals surface area contributed by atoms with Crippen LogP contribution in [0.1, 0.15) is 10.4 Å². The summed E-state index contributed by atoms with van der Waals surface area (Å²) < 4.78 is 4.40. The quantitative estimate of drug-likeness (QED) is 0.338. The predicted molar refractivity (Wildman–Crippen MR) is 66.3 cm³/mol. The number of hydrogen-bond donors (Lipinski definition) is 6. The number of carbonyl (C=O) groups is 3. The molecule has 22 heavy (non-hydrogen) atoms. The van der Waals surface area contributed by atoms with Crippen LogP contribution < -0.4 is 0 Å². The molecule has 10 heteroatoms. The van der Waals surface area contributed by atoms with E-state index in [2.05, 4.69) is 4.74 Å². The van der Waals surface area contributed by atoms with E-state index in [9.17, 15) is 24.6 Å². The molecule has 0 aliphatic carbocycles. The number of carbonyl (C=O) groups excluding carboxylic acids is 1. The van der Waals surface area contributed by atoms with E-state index in [1.807, 2.05) is 0 Å². The second kappa shape index (κ2) is 6.74. The van der Waals surface area contributed by atoms with Crippen LogP contribution in [0.25, 0.3) is 0 Å². The Morgan fingerprint density at radius 3 is 2.05 bits per heavy atom. The molecule has 1 rings (SSSR count). The van der Waals surface area contributed by atoms with Gasteiger partial charge in [0, 0.05) is 6.07 Å². The molecule has 0 radical (unpaired) electrons. The lowest BCUT2D eigenvalue weighted by Gasteiger charge is -2.21. The molecule has 0 amide bonds. The summed E-state index contributed by atoms with van der Waals surface area (Å²) in [5.41, 5.74) is -0.527. The standard InChI is InChI=1S/C12H12O10/c13-4-1-2-5(6(14)3-4)12(21)22-9(11(19)20)7(15)8(16)10(17)18/h1-3,7-9,13-16H,(H,17,18)(H,19,20). The lowest BCUT2D eigenvalue weighted by Crippen LogP contribution is -2.48. The van der Waals surface area contributed by atoms with Gasteiger partial charge in [0.15, 0.2) is 6.10 Å². The minimum atomic E-state index is -2.50. The molecule has 120 valence electrons. The first-order chi connectivity index (χ1) is 10.1. The maximum Gasteiger partial charge on any atom is 0.347 e. The van der Waals surface area contributed by atoms with Gasteiger partial charge in [-0.2, -0.15) is 0 Å². The van der Waals surface area contributed by atoms with Gasteiger partial charge < -0.3 is 35.4 Å². The second-order valence-electron chi connectivity index (χ2n) is 4.14. The molecule has 10 nitrogen and oxygen atoms in total. The second-order valence-corrected chi connectivity index (χ2v) is 4.14. The highest BCUT2D eigenvalue weighted by atomic mass is 16.6. The van der Waals surface area contributed by atoms with Crippen molar-refractivity contribution >= 4 is 17.9 Å². The summed E-state index contributed by atoms with van der Waals surface area (Å²) in [6.45, 7) is 0. The van der Waals surface area contributed by atoms with Crippen molar-refractivity contribution in [3.8, 4) is 11.5 Å². The molecular formula is C12H12O10. The van der Waals surface area contributed by atoms with E-state index in [4.69, 9.17) is 20.4 Å².